The molecule has 0 saturated heterocycles. The van der Waals surface area contributed by atoms with Crippen LogP contribution in [0.5, 0.6) is 0 Å². The van der Waals surface area contributed by atoms with Gasteiger partial charge in [-0.2, -0.15) is 0 Å². The number of rotatable bonds is 4. The first kappa shape index (κ1) is 13.2. The number of nitrogens with zero attached hydrogens (tertiary/aromatic N) is 4. The molecular weight excluding hydrogens is 250 g/mol. The van der Waals surface area contributed by atoms with Crippen molar-refractivity contribution in [1.29, 1.82) is 0 Å². The van der Waals surface area contributed by atoms with E-state index in [-0.39, 0.29) is 6.04 Å². The minimum atomic E-state index is 0.127. The molecule has 20 heavy (non-hydrogen) atoms. The fourth-order valence-electron chi connectivity index (χ4n) is 2.96. The van der Waals surface area contributed by atoms with Gasteiger partial charge in [0, 0.05) is 31.4 Å². The molecule has 0 saturated carbocycles. The van der Waals surface area contributed by atoms with Crippen molar-refractivity contribution in [2.75, 3.05) is 6.54 Å². The van der Waals surface area contributed by atoms with Crippen molar-refractivity contribution in [1.82, 2.24) is 25.1 Å². The summed E-state index contributed by atoms with van der Waals surface area (Å²) in [4.78, 5) is 4.09. The van der Waals surface area contributed by atoms with Gasteiger partial charge in [0.05, 0.1) is 6.04 Å². The summed E-state index contributed by atoms with van der Waals surface area (Å²) >= 11 is 0. The largest absolute Gasteiger partial charge is 0.312 e. The quantitative estimate of drug-likeness (QED) is 0.927. The van der Waals surface area contributed by atoms with Crippen LogP contribution >= 0.6 is 0 Å². The van der Waals surface area contributed by atoms with Crippen molar-refractivity contribution >= 4 is 0 Å². The summed E-state index contributed by atoms with van der Waals surface area (Å²) in [5.41, 5.74) is 1.20. The smallest absolute Gasteiger partial charge is 0.154 e. The Bertz CT molecular complexity index is 559. The zero-order valence-corrected chi connectivity index (χ0v) is 12.1. The number of hydrogen-bond donors (Lipinski definition) is 1. The van der Waals surface area contributed by atoms with E-state index in [0.29, 0.717) is 5.92 Å². The molecule has 5 nitrogen and oxygen atoms in total. The Morgan fingerprint density at radius 3 is 2.70 bits per heavy atom. The first-order valence-corrected chi connectivity index (χ1v) is 7.41. The summed E-state index contributed by atoms with van der Waals surface area (Å²) in [6.45, 7) is 6.34. The van der Waals surface area contributed by atoms with Crippen molar-refractivity contribution in [2.45, 2.75) is 45.2 Å². The molecule has 3 heterocycles. The molecule has 1 unspecified atom stereocenters. The minimum absolute atomic E-state index is 0.127. The molecule has 0 aromatic carbocycles. The molecule has 106 valence electrons. The average Bonchev–Trinajstić information content (AvgIpc) is 2.94. The van der Waals surface area contributed by atoms with E-state index in [9.17, 15) is 0 Å². The van der Waals surface area contributed by atoms with E-state index < -0.39 is 0 Å². The topological polar surface area (TPSA) is 55.6 Å². The van der Waals surface area contributed by atoms with Crippen LogP contribution in [0.2, 0.25) is 0 Å². The first-order valence-electron chi connectivity index (χ1n) is 7.41. The molecule has 0 bridgehead atoms. The number of pyridine rings is 1. The highest BCUT2D eigenvalue weighted by Gasteiger charge is 2.28. The van der Waals surface area contributed by atoms with E-state index in [1.165, 1.54) is 5.56 Å². The molecular formula is C15H21N5. The predicted octanol–water partition coefficient (Wildman–Crippen LogP) is 2.27. The Morgan fingerprint density at radius 1 is 1.25 bits per heavy atom. The maximum atomic E-state index is 4.47. The highest BCUT2D eigenvalue weighted by atomic mass is 15.3. The summed E-state index contributed by atoms with van der Waals surface area (Å²) in [6, 6.07) is 4.21. The third-order valence-electron chi connectivity index (χ3n) is 4.14. The van der Waals surface area contributed by atoms with E-state index in [4.69, 9.17) is 0 Å². The van der Waals surface area contributed by atoms with Gasteiger partial charge in [-0.1, -0.05) is 13.8 Å². The van der Waals surface area contributed by atoms with Gasteiger partial charge >= 0.3 is 0 Å². The predicted molar refractivity (Wildman–Crippen MR) is 77.4 cm³/mol. The molecule has 0 spiro atoms. The third-order valence-corrected chi connectivity index (χ3v) is 4.14. The van der Waals surface area contributed by atoms with Gasteiger partial charge in [-0.3, -0.25) is 4.98 Å². The van der Waals surface area contributed by atoms with Gasteiger partial charge in [-0.05, 0) is 30.5 Å². The molecule has 2 aromatic heterocycles. The molecule has 1 aliphatic rings. The van der Waals surface area contributed by atoms with Gasteiger partial charge in [0.25, 0.3) is 0 Å². The lowest BCUT2D eigenvalue weighted by Crippen LogP contribution is -2.35. The average molecular weight is 271 g/mol. The Kier molecular flexibility index (Phi) is 3.78. The SMILES string of the molecule is CCC(CC)c1nnc2n1CCNC2c1ccncc1. The van der Waals surface area contributed by atoms with Crippen LogP contribution < -0.4 is 5.32 Å². The summed E-state index contributed by atoms with van der Waals surface area (Å²) < 4.78 is 2.30. The van der Waals surface area contributed by atoms with Gasteiger partial charge in [0.1, 0.15) is 5.82 Å². The van der Waals surface area contributed by atoms with Crippen molar-refractivity contribution in [3.8, 4) is 0 Å². The normalized spacial score (nSPS) is 18.2. The fourth-order valence-corrected chi connectivity index (χ4v) is 2.96. The summed E-state index contributed by atoms with van der Waals surface area (Å²) in [5.74, 6) is 2.68. The second kappa shape index (κ2) is 5.71. The maximum absolute atomic E-state index is 4.47. The number of nitrogens with one attached hydrogen (secondary N) is 1. The highest BCUT2D eigenvalue weighted by molar-refractivity contribution is 5.24. The van der Waals surface area contributed by atoms with Crippen LogP contribution in [0.15, 0.2) is 24.5 Å². The van der Waals surface area contributed by atoms with E-state index in [2.05, 4.69) is 38.9 Å². The van der Waals surface area contributed by atoms with Gasteiger partial charge < -0.3 is 9.88 Å². The van der Waals surface area contributed by atoms with Gasteiger partial charge in [0.2, 0.25) is 0 Å². The molecule has 0 aliphatic carbocycles. The van der Waals surface area contributed by atoms with Crippen LogP contribution in [0.4, 0.5) is 0 Å². The molecule has 0 fully saturated rings. The van der Waals surface area contributed by atoms with Crippen LogP contribution in [0.1, 0.15) is 55.9 Å². The molecule has 5 heteroatoms. The second-order valence-corrected chi connectivity index (χ2v) is 5.25. The Balaban J connectivity index is 1.99. The van der Waals surface area contributed by atoms with Crippen LogP contribution in [-0.2, 0) is 6.54 Å². The van der Waals surface area contributed by atoms with Gasteiger partial charge in [-0.25, -0.2) is 0 Å². The Hall–Kier alpha value is -1.75. The van der Waals surface area contributed by atoms with Crippen LogP contribution in [-0.4, -0.2) is 26.3 Å². The molecule has 1 N–H and O–H groups in total. The van der Waals surface area contributed by atoms with Crippen molar-refractivity contribution in [2.24, 2.45) is 0 Å². The minimum Gasteiger partial charge on any atom is -0.312 e. The monoisotopic (exact) mass is 271 g/mol. The van der Waals surface area contributed by atoms with Crippen molar-refractivity contribution in [3.63, 3.8) is 0 Å². The molecule has 2 aromatic rings. The standard InChI is InChI=1S/C15H21N5/c1-3-11(4-2)14-18-19-15-13(17-9-10-20(14)15)12-5-7-16-8-6-12/h5-8,11,13,17H,3-4,9-10H2,1-2H3. The molecule has 1 atom stereocenters. The molecule has 0 radical (unpaired) electrons. The van der Waals surface area contributed by atoms with Gasteiger partial charge in [-0.15, -0.1) is 10.2 Å². The van der Waals surface area contributed by atoms with E-state index in [1.54, 1.807) is 0 Å². The van der Waals surface area contributed by atoms with Crippen LogP contribution in [0.3, 0.4) is 0 Å². The lowest BCUT2D eigenvalue weighted by atomic mass is 10.0. The van der Waals surface area contributed by atoms with Crippen molar-refractivity contribution < 1.29 is 0 Å². The lowest BCUT2D eigenvalue weighted by Gasteiger charge is -2.26. The van der Waals surface area contributed by atoms with Crippen LogP contribution in [0.25, 0.3) is 0 Å². The number of fused-ring (bicyclic) bond motifs is 1. The Labute approximate surface area is 119 Å². The molecule has 0 amide bonds. The van der Waals surface area contributed by atoms with E-state index in [1.807, 2.05) is 24.5 Å². The third kappa shape index (κ3) is 2.22. The lowest BCUT2D eigenvalue weighted by molar-refractivity contribution is 0.434. The fraction of sp³-hybridized carbons (Fsp3) is 0.533. The van der Waals surface area contributed by atoms with E-state index >= 15 is 0 Å². The van der Waals surface area contributed by atoms with E-state index in [0.717, 1.165) is 37.6 Å². The molecule has 3 rings (SSSR count). The Morgan fingerprint density at radius 2 is 2.00 bits per heavy atom. The zero-order chi connectivity index (χ0) is 13.9. The zero-order valence-electron chi connectivity index (χ0n) is 12.1. The molecule has 1 aliphatic heterocycles. The second-order valence-electron chi connectivity index (χ2n) is 5.25. The van der Waals surface area contributed by atoms with Crippen LogP contribution in [0, 0.1) is 0 Å². The maximum Gasteiger partial charge on any atom is 0.154 e. The van der Waals surface area contributed by atoms with Gasteiger partial charge in [0.15, 0.2) is 5.82 Å². The highest BCUT2D eigenvalue weighted by Crippen LogP contribution is 2.28. The number of hydrogen-bond acceptors (Lipinski definition) is 4. The first-order chi connectivity index (χ1) is 9.85. The summed E-state index contributed by atoms with van der Waals surface area (Å²) in [7, 11) is 0. The van der Waals surface area contributed by atoms with Crippen molar-refractivity contribution in [3.05, 3.63) is 41.7 Å². The summed E-state index contributed by atoms with van der Waals surface area (Å²) in [5, 5.41) is 12.5. The summed E-state index contributed by atoms with van der Waals surface area (Å²) in [6.07, 6.45) is 5.88. The number of aromatic nitrogens is 4.